The van der Waals surface area contributed by atoms with Gasteiger partial charge in [0.1, 0.15) is 17.7 Å². The molecular formula is C16H14F2N2O2S. The number of benzene rings is 1. The number of carbonyl (C=O) groups excluding carboxylic acids is 1. The van der Waals surface area contributed by atoms with Crippen LogP contribution in [0.2, 0.25) is 0 Å². The quantitative estimate of drug-likeness (QED) is 0.928. The largest absolute Gasteiger partial charge is 0.473 e. The molecule has 1 fully saturated rings. The molecule has 1 aromatic heterocycles. The summed E-state index contributed by atoms with van der Waals surface area (Å²) in [6.07, 6.45) is 2.51. The summed E-state index contributed by atoms with van der Waals surface area (Å²) >= 11 is 1.81. The molecule has 3 rings (SSSR count). The number of hydrogen-bond acceptors (Lipinski definition) is 4. The first-order valence-electron chi connectivity index (χ1n) is 7.08. The van der Waals surface area contributed by atoms with Crippen LogP contribution in [0.15, 0.2) is 36.5 Å². The van der Waals surface area contributed by atoms with Gasteiger partial charge in [0, 0.05) is 29.6 Å². The minimum atomic E-state index is -0.827. The van der Waals surface area contributed by atoms with E-state index in [0.29, 0.717) is 17.5 Å². The second kappa shape index (κ2) is 6.95. The van der Waals surface area contributed by atoms with Gasteiger partial charge >= 0.3 is 0 Å². The first-order valence-corrected chi connectivity index (χ1v) is 8.24. The van der Waals surface area contributed by atoms with Crippen molar-refractivity contribution in [2.24, 2.45) is 0 Å². The second-order valence-corrected chi connectivity index (χ2v) is 6.21. The maximum atomic E-state index is 13.6. The number of halogens is 2. The van der Waals surface area contributed by atoms with E-state index >= 15 is 0 Å². The maximum Gasteiger partial charge on any atom is 0.255 e. The Morgan fingerprint density at radius 1 is 1.30 bits per heavy atom. The van der Waals surface area contributed by atoms with Gasteiger partial charge in [-0.3, -0.25) is 4.79 Å². The molecule has 23 heavy (non-hydrogen) atoms. The monoisotopic (exact) mass is 336 g/mol. The van der Waals surface area contributed by atoms with Crippen LogP contribution in [0.1, 0.15) is 16.8 Å². The SMILES string of the molecule is O=C(Nc1ccc(F)cc1F)c1ccnc(O[C@H]2CCSC2)c1. The molecule has 1 atom stereocenters. The molecule has 0 saturated carbocycles. The molecule has 1 N–H and O–H groups in total. The zero-order valence-electron chi connectivity index (χ0n) is 12.1. The summed E-state index contributed by atoms with van der Waals surface area (Å²) in [6, 6.07) is 6.00. The zero-order valence-corrected chi connectivity index (χ0v) is 12.9. The molecule has 0 aliphatic carbocycles. The number of rotatable bonds is 4. The molecular weight excluding hydrogens is 322 g/mol. The summed E-state index contributed by atoms with van der Waals surface area (Å²) in [6.45, 7) is 0. The Labute approximate surface area is 136 Å². The predicted molar refractivity (Wildman–Crippen MR) is 84.9 cm³/mol. The van der Waals surface area contributed by atoms with E-state index in [9.17, 15) is 13.6 Å². The van der Waals surface area contributed by atoms with Crippen molar-refractivity contribution in [1.29, 1.82) is 0 Å². The third-order valence-electron chi connectivity index (χ3n) is 3.35. The van der Waals surface area contributed by atoms with Crippen molar-refractivity contribution < 1.29 is 18.3 Å². The highest BCUT2D eigenvalue weighted by atomic mass is 32.2. The van der Waals surface area contributed by atoms with Gasteiger partial charge in [-0.1, -0.05) is 0 Å². The van der Waals surface area contributed by atoms with Gasteiger partial charge in [-0.15, -0.1) is 0 Å². The number of aromatic nitrogens is 1. The third kappa shape index (κ3) is 3.98. The lowest BCUT2D eigenvalue weighted by atomic mass is 10.2. The topological polar surface area (TPSA) is 51.2 Å². The van der Waals surface area contributed by atoms with Crippen LogP contribution in [0.5, 0.6) is 5.88 Å². The van der Waals surface area contributed by atoms with E-state index in [1.807, 2.05) is 11.8 Å². The fourth-order valence-electron chi connectivity index (χ4n) is 2.18. The van der Waals surface area contributed by atoms with E-state index in [2.05, 4.69) is 10.3 Å². The van der Waals surface area contributed by atoms with Gasteiger partial charge in [0.25, 0.3) is 5.91 Å². The predicted octanol–water partition coefficient (Wildman–Crippen LogP) is 3.50. The molecule has 4 nitrogen and oxygen atoms in total. The number of nitrogens with zero attached hydrogens (tertiary/aromatic N) is 1. The van der Waals surface area contributed by atoms with Gasteiger partial charge in [0.2, 0.25) is 5.88 Å². The van der Waals surface area contributed by atoms with E-state index in [4.69, 9.17) is 4.74 Å². The van der Waals surface area contributed by atoms with Crippen molar-refractivity contribution in [3.63, 3.8) is 0 Å². The standard InChI is InChI=1S/C16H14F2N2O2S/c17-11-1-2-14(13(18)8-11)20-16(21)10-3-5-19-15(7-10)22-12-4-6-23-9-12/h1-3,5,7-8,12H,4,6,9H2,(H,20,21)/t12-/m0/s1. The molecule has 1 aliphatic heterocycles. The lowest BCUT2D eigenvalue weighted by Gasteiger charge is -2.12. The number of amides is 1. The molecule has 1 aliphatic rings. The average molecular weight is 336 g/mol. The molecule has 0 radical (unpaired) electrons. The number of nitrogens with one attached hydrogen (secondary N) is 1. The Morgan fingerprint density at radius 2 is 2.17 bits per heavy atom. The number of anilines is 1. The smallest absolute Gasteiger partial charge is 0.255 e. The number of pyridine rings is 1. The molecule has 1 saturated heterocycles. The van der Waals surface area contributed by atoms with Crippen molar-refractivity contribution in [3.8, 4) is 5.88 Å². The summed E-state index contributed by atoms with van der Waals surface area (Å²) in [5.74, 6) is 0.280. The zero-order chi connectivity index (χ0) is 16.2. The molecule has 7 heteroatoms. The second-order valence-electron chi connectivity index (χ2n) is 5.06. The van der Waals surface area contributed by atoms with E-state index in [1.54, 1.807) is 0 Å². The first kappa shape index (κ1) is 15.7. The molecule has 2 heterocycles. The Bertz CT molecular complexity index is 721. The Kier molecular flexibility index (Phi) is 4.76. The number of thioether (sulfide) groups is 1. The van der Waals surface area contributed by atoms with Gasteiger partial charge < -0.3 is 10.1 Å². The molecule has 2 aromatic rings. The maximum absolute atomic E-state index is 13.6. The van der Waals surface area contributed by atoms with Gasteiger partial charge in [-0.05, 0) is 30.4 Å². The van der Waals surface area contributed by atoms with Crippen molar-refractivity contribution in [2.45, 2.75) is 12.5 Å². The highest BCUT2D eigenvalue weighted by molar-refractivity contribution is 7.99. The van der Waals surface area contributed by atoms with Crippen LogP contribution in [-0.2, 0) is 0 Å². The number of carbonyl (C=O) groups is 1. The van der Waals surface area contributed by atoms with Gasteiger partial charge in [0.05, 0.1) is 5.69 Å². The Balaban J connectivity index is 1.71. The molecule has 1 amide bonds. The molecule has 0 bridgehead atoms. The number of ether oxygens (including phenoxy) is 1. The van der Waals surface area contributed by atoms with Crippen LogP contribution in [-0.4, -0.2) is 28.5 Å². The van der Waals surface area contributed by atoms with E-state index in [-0.39, 0.29) is 11.8 Å². The lowest BCUT2D eigenvalue weighted by Crippen LogP contribution is -2.17. The van der Waals surface area contributed by atoms with E-state index in [0.717, 1.165) is 24.0 Å². The lowest BCUT2D eigenvalue weighted by molar-refractivity contribution is 0.102. The van der Waals surface area contributed by atoms with Crippen LogP contribution in [0.3, 0.4) is 0 Å². The molecule has 120 valence electrons. The van der Waals surface area contributed by atoms with Crippen LogP contribution >= 0.6 is 11.8 Å². The normalized spacial score (nSPS) is 17.0. The fraction of sp³-hybridized carbons (Fsp3) is 0.250. The molecule has 0 spiro atoms. The fourth-order valence-corrected chi connectivity index (χ4v) is 3.27. The Morgan fingerprint density at radius 3 is 2.91 bits per heavy atom. The van der Waals surface area contributed by atoms with E-state index < -0.39 is 17.5 Å². The summed E-state index contributed by atoms with van der Waals surface area (Å²) in [7, 11) is 0. The van der Waals surface area contributed by atoms with Crippen molar-refractivity contribution in [3.05, 3.63) is 53.7 Å². The van der Waals surface area contributed by atoms with Crippen molar-refractivity contribution >= 4 is 23.4 Å². The third-order valence-corrected chi connectivity index (χ3v) is 4.48. The molecule has 0 unspecified atom stereocenters. The van der Waals surface area contributed by atoms with E-state index in [1.165, 1.54) is 24.4 Å². The Hall–Kier alpha value is -2.15. The van der Waals surface area contributed by atoms with Crippen LogP contribution in [0, 0.1) is 11.6 Å². The highest BCUT2D eigenvalue weighted by Crippen LogP contribution is 2.23. The van der Waals surface area contributed by atoms with Gasteiger partial charge in [0.15, 0.2) is 0 Å². The molecule has 1 aromatic carbocycles. The minimum absolute atomic E-state index is 0.0807. The van der Waals surface area contributed by atoms with Crippen LogP contribution in [0.25, 0.3) is 0 Å². The van der Waals surface area contributed by atoms with Crippen LogP contribution < -0.4 is 10.1 Å². The summed E-state index contributed by atoms with van der Waals surface area (Å²) in [5.41, 5.74) is 0.215. The highest BCUT2D eigenvalue weighted by Gasteiger charge is 2.18. The summed E-state index contributed by atoms with van der Waals surface area (Å²) < 4.78 is 32.2. The summed E-state index contributed by atoms with van der Waals surface area (Å²) in [5, 5.41) is 2.41. The van der Waals surface area contributed by atoms with Crippen molar-refractivity contribution in [2.75, 3.05) is 16.8 Å². The summed E-state index contributed by atoms with van der Waals surface area (Å²) in [4.78, 5) is 16.3. The number of hydrogen-bond donors (Lipinski definition) is 1. The van der Waals surface area contributed by atoms with Crippen LogP contribution in [0.4, 0.5) is 14.5 Å². The first-order chi connectivity index (χ1) is 11.1. The van der Waals surface area contributed by atoms with Crippen molar-refractivity contribution in [1.82, 2.24) is 4.98 Å². The minimum Gasteiger partial charge on any atom is -0.473 e. The average Bonchev–Trinajstić information content (AvgIpc) is 3.03. The van der Waals surface area contributed by atoms with Gasteiger partial charge in [-0.2, -0.15) is 11.8 Å². The van der Waals surface area contributed by atoms with Gasteiger partial charge in [-0.25, -0.2) is 13.8 Å².